The SMILES string of the molecule is COC(=O)c1ccnc(NC(=O)c2ccc(C3CCCN3)s2)c1. The molecule has 1 amide bonds. The highest BCUT2D eigenvalue weighted by atomic mass is 32.1. The van der Waals surface area contributed by atoms with E-state index in [0.717, 1.165) is 19.4 Å². The zero-order chi connectivity index (χ0) is 16.2. The average Bonchev–Trinajstić information content (AvgIpc) is 3.25. The van der Waals surface area contributed by atoms with Gasteiger partial charge >= 0.3 is 5.97 Å². The van der Waals surface area contributed by atoms with Gasteiger partial charge in [-0.2, -0.15) is 0 Å². The fourth-order valence-corrected chi connectivity index (χ4v) is 3.52. The van der Waals surface area contributed by atoms with Crippen LogP contribution >= 0.6 is 11.3 Å². The largest absolute Gasteiger partial charge is 0.465 e. The molecule has 0 radical (unpaired) electrons. The molecule has 2 aromatic heterocycles. The van der Waals surface area contributed by atoms with Crippen molar-refractivity contribution in [2.45, 2.75) is 18.9 Å². The number of nitrogens with zero attached hydrogens (tertiary/aromatic N) is 1. The lowest BCUT2D eigenvalue weighted by atomic mass is 10.2. The van der Waals surface area contributed by atoms with Gasteiger partial charge in [0.25, 0.3) is 5.91 Å². The Balaban J connectivity index is 1.70. The molecule has 2 N–H and O–H groups in total. The minimum absolute atomic E-state index is 0.228. The minimum atomic E-state index is -0.464. The molecule has 23 heavy (non-hydrogen) atoms. The third-order valence-electron chi connectivity index (χ3n) is 3.68. The first kappa shape index (κ1) is 15.6. The number of ether oxygens (including phenoxy) is 1. The van der Waals surface area contributed by atoms with E-state index in [2.05, 4.69) is 20.4 Å². The molecule has 6 nitrogen and oxygen atoms in total. The van der Waals surface area contributed by atoms with Crippen LogP contribution in [-0.4, -0.2) is 30.5 Å². The third-order valence-corrected chi connectivity index (χ3v) is 4.87. The first-order valence-corrected chi connectivity index (χ1v) is 8.18. The van der Waals surface area contributed by atoms with Crippen molar-refractivity contribution in [1.29, 1.82) is 0 Å². The molecule has 0 saturated carbocycles. The zero-order valence-corrected chi connectivity index (χ0v) is 13.5. The Morgan fingerprint density at radius 3 is 3.00 bits per heavy atom. The second kappa shape index (κ2) is 6.89. The number of amides is 1. The van der Waals surface area contributed by atoms with Crippen molar-refractivity contribution in [3.8, 4) is 0 Å². The molecule has 1 unspecified atom stereocenters. The number of hydrogen-bond acceptors (Lipinski definition) is 6. The topological polar surface area (TPSA) is 80.3 Å². The van der Waals surface area contributed by atoms with E-state index in [1.807, 2.05) is 12.1 Å². The molecule has 2 aromatic rings. The lowest BCUT2D eigenvalue weighted by Crippen LogP contribution is -2.13. The molecule has 3 rings (SSSR count). The Morgan fingerprint density at radius 2 is 2.26 bits per heavy atom. The Morgan fingerprint density at radius 1 is 1.39 bits per heavy atom. The Labute approximate surface area is 137 Å². The minimum Gasteiger partial charge on any atom is -0.465 e. The Kier molecular flexibility index (Phi) is 4.68. The van der Waals surface area contributed by atoms with Gasteiger partial charge in [0.15, 0.2) is 0 Å². The molecule has 1 fully saturated rings. The van der Waals surface area contributed by atoms with Crippen LogP contribution in [0.15, 0.2) is 30.5 Å². The quantitative estimate of drug-likeness (QED) is 0.842. The molecule has 1 saturated heterocycles. The number of anilines is 1. The van der Waals surface area contributed by atoms with Crippen LogP contribution in [-0.2, 0) is 4.74 Å². The van der Waals surface area contributed by atoms with E-state index in [4.69, 9.17) is 0 Å². The van der Waals surface area contributed by atoms with E-state index < -0.39 is 5.97 Å². The van der Waals surface area contributed by atoms with Gasteiger partial charge in [0.05, 0.1) is 17.6 Å². The van der Waals surface area contributed by atoms with E-state index in [-0.39, 0.29) is 5.91 Å². The standard InChI is InChI=1S/C16H17N3O3S/c1-22-16(21)10-6-8-18-14(9-10)19-15(20)13-5-4-12(23-13)11-3-2-7-17-11/h4-6,8-9,11,17H,2-3,7H2,1H3,(H,18,19,20). The third kappa shape index (κ3) is 3.57. The second-order valence-corrected chi connectivity index (χ2v) is 6.34. The molecule has 0 aliphatic carbocycles. The number of pyridine rings is 1. The van der Waals surface area contributed by atoms with Gasteiger partial charge in [0.2, 0.25) is 0 Å². The summed E-state index contributed by atoms with van der Waals surface area (Å²) in [4.78, 5) is 29.7. The summed E-state index contributed by atoms with van der Waals surface area (Å²) in [5.41, 5.74) is 0.347. The molecular formula is C16H17N3O3S. The number of nitrogens with one attached hydrogen (secondary N) is 2. The second-order valence-electron chi connectivity index (χ2n) is 5.23. The van der Waals surface area contributed by atoms with Crippen LogP contribution in [0.2, 0.25) is 0 Å². The van der Waals surface area contributed by atoms with Crippen molar-refractivity contribution in [1.82, 2.24) is 10.3 Å². The molecule has 0 bridgehead atoms. The Bertz CT molecular complexity index is 723. The van der Waals surface area contributed by atoms with Crippen molar-refractivity contribution in [2.75, 3.05) is 19.0 Å². The first-order valence-electron chi connectivity index (χ1n) is 7.36. The fourth-order valence-electron chi connectivity index (χ4n) is 2.51. The smallest absolute Gasteiger partial charge is 0.338 e. The molecule has 7 heteroatoms. The summed E-state index contributed by atoms with van der Waals surface area (Å²) in [6.07, 6.45) is 3.73. The van der Waals surface area contributed by atoms with Crippen LogP contribution in [0.1, 0.15) is 43.8 Å². The van der Waals surface area contributed by atoms with Crippen molar-refractivity contribution >= 4 is 29.0 Å². The number of hydrogen-bond donors (Lipinski definition) is 2. The van der Waals surface area contributed by atoms with Gasteiger partial charge in [0.1, 0.15) is 5.82 Å². The summed E-state index contributed by atoms with van der Waals surface area (Å²) < 4.78 is 4.66. The average molecular weight is 331 g/mol. The molecule has 1 aliphatic heterocycles. The van der Waals surface area contributed by atoms with E-state index in [0.29, 0.717) is 22.3 Å². The zero-order valence-electron chi connectivity index (χ0n) is 12.7. The highest BCUT2D eigenvalue weighted by molar-refractivity contribution is 7.14. The summed E-state index contributed by atoms with van der Waals surface area (Å²) in [5, 5.41) is 6.13. The number of aromatic nitrogens is 1. The Hall–Kier alpha value is -2.25. The lowest BCUT2D eigenvalue weighted by Gasteiger charge is -2.06. The number of carbonyl (C=O) groups is 2. The highest BCUT2D eigenvalue weighted by Gasteiger charge is 2.20. The summed E-state index contributed by atoms with van der Waals surface area (Å²) >= 11 is 1.48. The predicted octanol–water partition coefficient (Wildman–Crippen LogP) is 2.61. The summed E-state index contributed by atoms with van der Waals surface area (Å²) in [5.74, 6) is -0.366. The van der Waals surface area contributed by atoms with Crippen LogP contribution in [0.25, 0.3) is 0 Å². The highest BCUT2D eigenvalue weighted by Crippen LogP contribution is 2.29. The van der Waals surface area contributed by atoms with Gasteiger partial charge in [-0.05, 0) is 43.7 Å². The molecule has 3 heterocycles. The van der Waals surface area contributed by atoms with Crippen LogP contribution in [0.3, 0.4) is 0 Å². The van der Waals surface area contributed by atoms with Crippen molar-refractivity contribution < 1.29 is 14.3 Å². The number of carbonyl (C=O) groups excluding carboxylic acids is 2. The molecule has 0 spiro atoms. The van der Waals surface area contributed by atoms with Gasteiger partial charge in [-0.3, -0.25) is 4.79 Å². The first-order chi connectivity index (χ1) is 11.2. The van der Waals surface area contributed by atoms with Gasteiger partial charge in [-0.1, -0.05) is 0 Å². The van der Waals surface area contributed by atoms with Gasteiger partial charge in [0, 0.05) is 17.1 Å². The van der Waals surface area contributed by atoms with E-state index in [1.54, 1.807) is 0 Å². The van der Waals surface area contributed by atoms with Crippen LogP contribution in [0.4, 0.5) is 5.82 Å². The number of thiophene rings is 1. The van der Waals surface area contributed by atoms with Crippen molar-refractivity contribution in [3.05, 3.63) is 45.8 Å². The van der Waals surface area contributed by atoms with E-state index in [1.165, 1.54) is 41.7 Å². The normalized spacial score (nSPS) is 17.0. The predicted molar refractivity (Wildman–Crippen MR) is 87.8 cm³/mol. The molecular weight excluding hydrogens is 314 g/mol. The van der Waals surface area contributed by atoms with Crippen LogP contribution in [0, 0.1) is 0 Å². The summed E-state index contributed by atoms with van der Waals surface area (Å²) in [6.45, 7) is 1.02. The lowest BCUT2D eigenvalue weighted by molar-refractivity contribution is 0.0600. The maximum absolute atomic E-state index is 12.3. The van der Waals surface area contributed by atoms with Crippen molar-refractivity contribution in [2.24, 2.45) is 0 Å². The molecule has 1 atom stereocenters. The summed E-state index contributed by atoms with van der Waals surface area (Å²) in [7, 11) is 1.31. The van der Waals surface area contributed by atoms with E-state index >= 15 is 0 Å². The van der Waals surface area contributed by atoms with Crippen LogP contribution < -0.4 is 10.6 Å². The number of esters is 1. The maximum atomic E-state index is 12.3. The fraction of sp³-hybridized carbons (Fsp3) is 0.312. The van der Waals surface area contributed by atoms with Gasteiger partial charge < -0.3 is 15.4 Å². The number of methoxy groups -OCH3 is 1. The van der Waals surface area contributed by atoms with Gasteiger partial charge in [-0.15, -0.1) is 11.3 Å². The monoisotopic (exact) mass is 331 g/mol. The maximum Gasteiger partial charge on any atom is 0.338 e. The van der Waals surface area contributed by atoms with Crippen molar-refractivity contribution in [3.63, 3.8) is 0 Å². The molecule has 1 aliphatic rings. The van der Waals surface area contributed by atoms with E-state index in [9.17, 15) is 9.59 Å². The number of rotatable bonds is 4. The van der Waals surface area contributed by atoms with Gasteiger partial charge in [-0.25, -0.2) is 9.78 Å². The van der Waals surface area contributed by atoms with Crippen LogP contribution in [0.5, 0.6) is 0 Å². The molecule has 0 aromatic carbocycles. The summed E-state index contributed by atoms with van der Waals surface area (Å²) in [6, 6.07) is 7.19. The molecule has 120 valence electrons.